The highest BCUT2D eigenvalue weighted by atomic mass is 16.5. The lowest BCUT2D eigenvalue weighted by molar-refractivity contribution is -0.124. The molecule has 1 atom stereocenters. The monoisotopic (exact) mass is 284 g/mol. The topological polar surface area (TPSA) is 64.3 Å². The highest BCUT2D eigenvalue weighted by Crippen LogP contribution is 2.01. The van der Waals surface area contributed by atoms with Gasteiger partial charge in [-0.1, -0.05) is 60.7 Å². The summed E-state index contributed by atoms with van der Waals surface area (Å²) in [5.74, 6) is -0.202. The van der Waals surface area contributed by atoms with Gasteiger partial charge in [0.25, 0.3) is 0 Å². The number of amides is 1. The summed E-state index contributed by atoms with van der Waals surface area (Å²) in [6, 6.07) is 18.9. The first-order valence-electron chi connectivity index (χ1n) is 6.94. The first-order chi connectivity index (χ1) is 10.3. The average molecular weight is 284 g/mol. The van der Waals surface area contributed by atoms with Crippen LogP contribution < -0.4 is 11.1 Å². The number of hydrogen-bond acceptors (Lipinski definition) is 3. The molecule has 0 saturated carbocycles. The smallest absolute Gasteiger partial charge is 0.239 e. The number of hydrogen-bond donors (Lipinski definition) is 2. The van der Waals surface area contributed by atoms with Crippen molar-refractivity contribution in [2.75, 3.05) is 6.61 Å². The second kappa shape index (κ2) is 8.19. The molecule has 3 N–H and O–H groups in total. The normalized spacial score (nSPS) is 11.9. The third-order valence-electron chi connectivity index (χ3n) is 3.06. The Morgan fingerprint density at radius 3 is 2.19 bits per heavy atom. The second-order valence-corrected chi connectivity index (χ2v) is 4.81. The van der Waals surface area contributed by atoms with Gasteiger partial charge in [0.05, 0.1) is 13.2 Å². The minimum Gasteiger partial charge on any atom is -0.375 e. The predicted molar refractivity (Wildman–Crippen MR) is 82.4 cm³/mol. The van der Waals surface area contributed by atoms with E-state index in [1.54, 1.807) is 0 Å². The molecule has 0 aliphatic carbocycles. The number of carbonyl (C=O) groups is 1. The van der Waals surface area contributed by atoms with E-state index >= 15 is 0 Å². The lowest BCUT2D eigenvalue weighted by atomic mass is 10.2. The van der Waals surface area contributed by atoms with Crippen LogP contribution in [-0.2, 0) is 22.7 Å². The van der Waals surface area contributed by atoms with Crippen LogP contribution in [0.2, 0.25) is 0 Å². The second-order valence-electron chi connectivity index (χ2n) is 4.81. The fourth-order valence-corrected chi connectivity index (χ4v) is 1.87. The molecule has 2 aromatic carbocycles. The fraction of sp³-hybridized carbons (Fsp3) is 0.235. The minimum atomic E-state index is -0.655. The maximum atomic E-state index is 11.8. The van der Waals surface area contributed by atoms with Gasteiger partial charge in [0, 0.05) is 6.54 Å². The Balaban J connectivity index is 1.68. The summed E-state index contributed by atoms with van der Waals surface area (Å²) >= 11 is 0. The third-order valence-corrected chi connectivity index (χ3v) is 3.06. The Morgan fingerprint density at radius 1 is 1.00 bits per heavy atom. The molecule has 0 heterocycles. The Hall–Kier alpha value is -2.17. The van der Waals surface area contributed by atoms with Gasteiger partial charge in [0.1, 0.15) is 6.04 Å². The van der Waals surface area contributed by atoms with Crippen LogP contribution in [0, 0.1) is 0 Å². The molecule has 2 aromatic rings. The predicted octanol–water partition coefficient (Wildman–Crippen LogP) is 1.85. The number of rotatable bonds is 7. The van der Waals surface area contributed by atoms with Gasteiger partial charge in [0.15, 0.2) is 0 Å². The lowest BCUT2D eigenvalue weighted by Gasteiger charge is -2.13. The van der Waals surface area contributed by atoms with Gasteiger partial charge >= 0.3 is 0 Å². The molecule has 4 heteroatoms. The molecule has 0 bridgehead atoms. The van der Waals surface area contributed by atoms with E-state index in [-0.39, 0.29) is 12.5 Å². The van der Waals surface area contributed by atoms with E-state index in [9.17, 15) is 4.79 Å². The Kier molecular flexibility index (Phi) is 5.94. The molecule has 0 aliphatic heterocycles. The van der Waals surface area contributed by atoms with Gasteiger partial charge in [-0.15, -0.1) is 0 Å². The van der Waals surface area contributed by atoms with E-state index in [2.05, 4.69) is 5.32 Å². The summed E-state index contributed by atoms with van der Waals surface area (Å²) in [6.45, 7) is 1.14. The van der Waals surface area contributed by atoms with Crippen molar-refractivity contribution in [1.29, 1.82) is 0 Å². The molecule has 0 saturated heterocycles. The van der Waals surface area contributed by atoms with Crippen LogP contribution in [0.4, 0.5) is 0 Å². The Labute approximate surface area is 124 Å². The molecule has 2 rings (SSSR count). The maximum Gasteiger partial charge on any atom is 0.239 e. The molecule has 0 spiro atoms. The van der Waals surface area contributed by atoms with Gasteiger partial charge in [0.2, 0.25) is 5.91 Å². The van der Waals surface area contributed by atoms with E-state index < -0.39 is 6.04 Å². The average Bonchev–Trinajstić information content (AvgIpc) is 2.54. The standard InChI is InChI=1S/C17H20N2O2/c18-16(13-21-12-15-9-5-2-6-10-15)17(20)19-11-14-7-3-1-4-8-14/h1-10,16H,11-13,18H2,(H,19,20)/t16-/m1/s1. The quantitative estimate of drug-likeness (QED) is 0.815. The van der Waals surface area contributed by atoms with Crippen LogP contribution in [0.15, 0.2) is 60.7 Å². The van der Waals surface area contributed by atoms with E-state index in [4.69, 9.17) is 10.5 Å². The zero-order chi connectivity index (χ0) is 14.9. The molecule has 0 unspecified atom stereocenters. The molecule has 0 radical (unpaired) electrons. The van der Waals surface area contributed by atoms with Crippen LogP contribution in [-0.4, -0.2) is 18.6 Å². The highest BCUT2D eigenvalue weighted by Gasteiger charge is 2.13. The zero-order valence-electron chi connectivity index (χ0n) is 11.9. The van der Waals surface area contributed by atoms with Crippen LogP contribution in [0.25, 0.3) is 0 Å². The lowest BCUT2D eigenvalue weighted by Crippen LogP contribution is -2.43. The third kappa shape index (κ3) is 5.38. The van der Waals surface area contributed by atoms with E-state index in [0.717, 1.165) is 11.1 Å². The molecular weight excluding hydrogens is 264 g/mol. The minimum absolute atomic E-state index is 0.202. The SMILES string of the molecule is N[C@H](COCc1ccccc1)C(=O)NCc1ccccc1. The van der Waals surface area contributed by atoms with Crippen molar-refractivity contribution in [3.05, 3.63) is 71.8 Å². The van der Waals surface area contributed by atoms with Crippen molar-refractivity contribution in [2.45, 2.75) is 19.2 Å². The van der Waals surface area contributed by atoms with E-state index in [0.29, 0.717) is 13.2 Å². The van der Waals surface area contributed by atoms with Crippen LogP contribution >= 0.6 is 0 Å². The summed E-state index contributed by atoms with van der Waals surface area (Å²) in [5.41, 5.74) is 7.92. The van der Waals surface area contributed by atoms with Crippen LogP contribution in [0.1, 0.15) is 11.1 Å². The van der Waals surface area contributed by atoms with E-state index in [1.807, 2.05) is 60.7 Å². The van der Waals surface area contributed by atoms with Crippen molar-refractivity contribution >= 4 is 5.91 Å². The largest absolute Gasteiger partial charge is 0.375 e. The first kappa shape index (κ1) is 15.2. The van der Waals surface area contributed by atoms with Crippen LogP contribution in [0.5, 0.6) is 0 Å². The van der Waals surface area contributed by atoms with Gasteiger partial charge in [-0.2, -0.15) is 0 Å². The highest BCUT2D eigenvalue weighted by molar-refractivity contribution is 5.81. The van der Waals surface area contributed by atoms with Crippen molar-refractivity contribution < 1.29 is 9.53 Å². The molecule has 21 heavy (non-hydrogen) atoms. The number of nitrogens with two attached hydrogens (primary N) is 1. The van der Waals surface area contributed by atoms with Gasteiger partial charge in [-0.05, 0) is 11.1 Å². The summed E-state index contributed by atoms with van der Waals surface area (Å²) in [4.78, 5) is 11.8. The molecule has 4 nitrogen and oxygen atoms in total. The van der Waals surface area contributed by atoms with Crippen LogP contribution in [0.3, 0.4) is 0 Å². The van der Waals surface area contributed by atoms with Crippen molar-refractivity contribution in [1.82, 2.24) is 5.32 Å². The van der Waals surface area contributed by atoms with E-state index in [1.165, 1.54) is 0 Å². The molecule has 0 fully saturated rings. The summed E-state index contributed by atoms with van der Waals surface area (Å²) in [6.07, 6.45) is 0. The van der Waals surface area contributed by atoms with Gasteiger partial charge < -0.3 is 15.8 Å². The molecular formula is C17H20N2O2. The zero-order valence-corrected chi connectivity index (χ0v) is 11.9. The number of nitrogens with one attached hydrogen (secondary N) is 1. The Bertz CT molecular complexity index is 543. The number of carbonyl (C=O) groups excluding carboxylic acids is 1. The van der Waals surface area contributed by atoms with Gasteiger partial charge in [-0.3, -0.25) is 4.79 Å². The number of ether oxygens (including phenoxy) is 1. The fourth-order valence-electron chi connectivity index (χ4n) is 1.87. The van der Waals surface area contributed by atoms with Crippen molar-refractivity contribution in [2.24, 2.45) is 5.73 Å². The Morgan fingerprint density at radius 2 is 1.57 bits per heavy atom. The van der Waals surface area contributed by atoms with Crippen molar-refractivity contribution in [3.8, 4) is 0 Å². The molecule has 110 valence electrons. The molecule has 1 amide bonds. The summed E-state index contributed by atoms with van der Waals surface area (Å²) < 4.78 is 5.47. The summed E-state index contributed by atoms with van der Waals surface area (Å²) in [7, 11) is 0. The maximum absolute atomic E-state index is 11.8. The van der Waals surface area contributed by atoms with Gasteiger partial charge in [-0.25, -0.2) is 0 Å². The molecule has 0 aromatic heterocycles. The number of benzene rings is 2. The summed E-state index contributed by atoms with van der Waals surface area (Å²) in [5, 5.41) is 2.80. The molecule has 0 aliphatic rings. The van der Waals surface area contributed by atoms with Crippen molar-refractivity contribution in [3.63, 3.8) is 0 Å². The first-order valence-corrected chi connectivity index (χ1v) is 6.94.